The zero-order valence-corrected chi connectivity index (χ0v) is 8.97. The quantitative estimate of drug-likeness (QED) is 0.724. The lowest BCUT2D eigenvalue weighted by Crippen LogP contribution is -2.27. The molecule has 0 atom stereocenters. The molecule has 3 rings (SSSR count). The topological polar surface area (TPSA) is 37.6 Å². The predicted molar refractivity (Wildman–Crippen MR) is 60.3 cm³/mol. The predicted octanol–water partition coefficient (Wildman–Crippen LogP) is 1.57. The van der Waals surface area contributed by atoms with E-state index in [0.29, 0.717) is 0 Å². The van der Waals surface area contributed by atoms with Gasteiger partial charge in [-0.25, -0.2) is 4.98 Å². The second-order valence-corrected chi connectivity index (χ2v) is 4.11. The van der Waals surface area contributed by atoms with Gasteiger partial charge in [-0.15, -0.1) is 0 Å². The van der Waals surface area contributed by atoms with Crippen LogP contribution < -0.4 is 0 Å². The Kier molecular flexibility index (Phi) is 2.13. The van der Waals surface area contributed by atoms with E-state index in [9.17, 15) is 4.79 Å². The van der Waals surface area contributed by atoms with E-state index in [1.54, 1.807) is 6.20 Å². The largest absolute Gasteiger partial charge is 0.339 e. The molecule has 0 radical (unpaired) electrons. The summed E-state index contributed by atoms with van der Waals surface area (Å²) < 4.78 is 1.88. The Labute approximate surface area is 93.5 Å². The monoisotopic (exact) mass is 215 g/mol. The molecule has 0 unspecified atom stereocenters. The fourth-order valence-corrected chi connectivity index (χ4v) is 2.15. The van der Waals surface area contributed by atoms with Crippen LogP contribution in [0.2, 0.25) is 0 Å². The first-order valence-corrected chi connectivity index (χ1v) is 5.56. The van der Waals surface area contributed by atoms with Gasteiger partial charge in [-0.3, -0.25) is 4.79 Å². The van der Waals surface area contributed by atoms with E-state index in [4.69, 9.17) is 0 Å². The molecule has 1 fully saturated rings. The summed E-state index contributed by atoms with van der Waals surface area (Å²) in [5.74, 6) is 0.133. The summed E-state index contributed by atoms with van der Waals surface area (Å²) in [6.45, 7) is 1.78. The van der Waals surface area contributed by atoms with Gasteiger partial charge in [0.1, 0.15) is 5.65 Å². The second kappa shape index (κ2) is 3.63. The standard InChI is InChI=1S/C12H13N3O/c16-12(14-6-1-2-7-14)10-3-4-11-13-5-8-15(11)9-10/h3-5,8-9H,1-2,6-7H2. The molecule has 0 spiro atoms. The molecule has 0 aliphatic carbocycles. The van der Waals surface area contributed by atoms with Crippen molar-refractivity contribution < 1.29 is 4.79 Å². The first-order valence-electron chi connectivity index (χ1n) is 5.56. The highest BCUT2D eigenvalue weighted by molar-refractivity contribution is 5.94. The highest BCUT2D eigenvalue weighted by Crippen LogP contribution is 2.13. The Morgan fingerprint density at radius 3 is 2.88 bits per heavy atom. The smallest absolute Gasteiger partial charge is 0.255 e. The third-order valence-corrected chi connectivity index (χ3v) is 3.03. The van der Waals surface area contributed by atoms with Crippen molar-refractivity contribution in [2.75, 3.05) is 13.1 Å². The number of carbonyl (C=O) groups is 1. The Bertz CT molecular complexity index is 526. The normalized spacial score (nSPS) is 15.9. The Hall–Kier alpha value is -1.84. The van der Waals surface area contributed by atoms with Crippen molar-refractivity contribution in [2.45, 2.75) is 12.8 Å². The number of hydrogen-bond donors (Lipinski definition) is 0. The molecule has 2 aromatic heterocycles. The average molecular weight is 215 g/mol. The van der Waals surface area contributed by atoms with Gasteiger partial charge in [-0.05, 0) is 25.0 Å². The maximum absolute atomic E-state index is 12.1. The van der Waals surface area contributed by atoms with Gasteiger partial charge < -0.3 is 9.30 Å². The molecule has 16 heavy (non-hydrogen) atoms. The summed E-state index contributed by atoms with van der Waals surface area (Å²) in [7, 11) is 0. The zero-order chi connectivity index (χ0) is 11.0. The Balaban J connectivity index is 1.95. The summed E-state index contributed by atoms with van der Waals surface area (Å²) >= 11 is 0. The second-order valence-electron chi connectivity index (χ2n) is 4.11. The summed E-state index contributed by atoms with van der Waals surface area (Å²) in [6.07, 6.45) is 7.69. The van der Waals surface area contributed by atoms with Crippen LogP contribution in [-0.2, 0) is 0 Å². The minimum atomic E-state index is 0.133. The van der Waals surface area contributed by atoms with Crippen LogP contribution >= 0.6 is 0 Å². The molecule has 4 heteroatoms. The van der Waals surface area contributed by atoms with Crippen LogP contribution in [0.15, 0.2) is 30.7 Å². The number of nitrogens with zero attached hydrogens (tertiary/aromatic N) is 3. The van der Waals surface area contributed by atoms with Gasteiger partial charge in [-0.2, -0.15) is 0 Å². The number of imidazole rings is 1. The van der Waals surface area contributed by atoms with Crippen molar-refractivity contribution in [3.63, 3.8) is 0 Å². The molecule has 1 aliphatic rings. The van der Waals surface area contributed by atoms with Crippen molar-refractivity contribution in [2.24, 2.45) is 0 Å². The highest BCUT2D eigenvalue weighted by atomic mass is 16.2. The minimum Gasteiger partial charge on any atom is -0.339 e. The third kappa shape index (κ3) is 1.46. The van der Waals surface area contributed by atoms with Crippen LogP contribution in [0, 0.1) is 0 Å². The summed E-state index contributed by atoms with van der Waals surface area (Å²) in [5.41, 5.74) is 1.62. The molecule has 1 saturated heterocycles. The number of likely N-dealkylation sites (tertiary alicyclic amines) is 1. The highest BCUT2D eigenvalue weighted by Gasteiger charge is 2.19. The van der Waals surface area contributed by atoms with Gasteiger partial charge in [0.2, 0.25) is 0 Å². The van der Waals surface area contributed by atoms with E-state index in [0.717, 1.165) is 37.1 Å². The molecule has 1 aliphatic heterocycles. The van der Waals surface area contributed by atoms with Crippen LogP contribution in [0.5, 0.6) is 0 Å². The van der Waals surface area contributed by atoms with Gasteiger partial charge in [0.15, 0.2) is 0 Å². The fourth-order valence-electron chi connectivity index (χ4n) is 2.15. The minimum absolute atomic E-state index is 0.133. The van der Waals surface area contributed by atoms with Gasteiger partial charge >= 0.3 is 0 Å². The Morgan fingerprint density at radius 2 is 2.06 bits per heavy atom. The fraction of sp³-hybridized carbons (Fsp3) is 0.333. The molecular weight excluding hydrogens is 202 g/mol. The van der Waals surface area contributed by atoms with Crippen molar-refractivity contribution in [1.29, 1.82) is 0 Å². The molecule has 82 valence electrons. The molecule has 3 heterocycles. The maximum atomic E-state index is 12.1. The van der Waals surface area contributed by atoms with E-state index in [1.807, 2.05) is 33.8 Å². The average Bonchev–Trinajstić information content (AvgIpc) is 2.98. The van der Waals surface area contributed by atoms with Gasteiger partial charge in [0.05, 0.1) is 5.56 Å². The number of fused-ring (bicyclic) bond motifs is 1. The molecular formula is C12H13N3O. The van der Waals surface area contributed by atoms with Gasteiger partial charge in [-0.1, -0.05) is 0 Å². The van der Waals surface area contributed by atoms with E-state index >= 15 is 0 Å². The first-order chi connectivity index (χ1) is 7.84. The SMILES string of the molecule is O=C(c1ccc2nccn2c1)N1CCCC1. The molecule has 0 aromatic carbocycles. The van der Waals surface area contributed by atoms with E-state index in [1.165, 1.54) is 0 Å². The number of pyridine rings is 1. The summed E-state index contributed by atoms with van der Waals surface area (Å²) in [6, 6.07) is 3.73. The lowest BCUT2D eigenvalue weighted by atomic mass is 10.2. The third-order valence-electron chi connectivity index (χ3n) is 3.03. The van der Waals surface area contributed by atoms with E-state index in [-0.39, 0.29) is 5.91 Å². The van der Waals surface area contributed by atoms with Crippen molar-refractivity contribution >= 4 is 11.6 Å². The number of aromatic nitrogens is 2. The molecule has 2 aromatic rings. The lowest BCUT2D eigenvalue weighted by Gasteiger charge is -2.15. The van der Waals surface area contributed by atoms with Gasteiger partial charge in [0, 0.05) is 31.7 Å². The van der Waals surface area contributed by atoms with Crippen molar-refractivity contribution in [3.05, 3.63) is 36.3 Å². The number of hydrogen-bond acceptors (Lipinski definition) is 2. The molecule has 0 N–H and O–H groups in total. The number of carbonyl (C=O) groups excluding carboxylic acids is 1. The van der Waals surface area contributed by atoms with Crippen molar-refractivity contribution in [1.82, 2.24) is 14.3 Å². The molecule has 0 bridgehead atoms. The Morgan fingerprint density at radius 1 is 1.25 bits per heavy atom. The van der Waals surface area contributed by atoms with E-state index in [2.05, 4.69) is 4.98 Å². The van der Waals surface area contributed by atoms with Crippen molar-refractivity contribution in [3.8, 4) is 0 Å². The number of amides is 1. The first kappa shape index (κ1) is 9.39. The molecule has 4 nitrogen and oxygen atoms in total. The van der Waals surface area contributed by atoms with Crippen LogP contribution in [-0.4, -0.2) is 33.3 Å². The lowest BCUT2D eigenvalue weighted by molar-refractivity contribution is 0.0792. The van der Waals surface area contributed by atoms with Gasteiger partial charge in [0.25, 0.3) is 5.91 Å². The van der Waals surface area contributed by atoms with Crippen LogP contribution in [0.1, 0.15) is 23.2 Å². The van der Waals surface area contributed by atoms with Crippen LogP contribution in [0.3, 0.4) is 0 Å². The summed E-state index contributed by atoms with van der Waals surface area (Å²) in [4.78, 5) is 18.2. The van der Waals surface area contributed by atoms with E-state index < -0.39 is 0 Å². The maximum Gasteiger partial charge on any atom is 0.255 e. The molecule has 1 amide bonds. The molecule has 0 saturated carbocycles. The van der Waals surface area contributed by atoms with Crippen LogP contribution in [0.4, 0.5) is 0 Å². The zero-order valence-electron chi connectivity index (χ0n) is 8.97. The number of rotatable bonds is 1. The summed E-state index contributed by atoms with van der Waals surface area (Å²) in [5, 5.41) is 0. The van der Waals surface area contributed by atoms with Crippen LogP contribution in [0.25, 0.3) is 5.65 Å².